The molecule has 0 spiro atoms. The number of carbonyl (C=O) groups is 5. The summed E-state index contributed by atoms with van der Waals surface area (Å²) in [6, 6.07) is 4.33. The van der Waals surface area contributed by atoms with Gasteiger partial charge in [0.15, 0.2) is 0 Å². The lowest BCUT2D eigenvalue weighted by molar-refractivity contribution is -0.155. The van der Waals surface area contributed by atoms with Crippen LogP contribution in [0.2, 0.25) is 0 Å². The van der Waals surface area contributed by atoms with Gasteiger partial charge in [-0.05, 0) is 57.9 Å². The standard InChI is InChI=1S/C33H45N3O11/c1-19(38)28(31(42)34-22(17-37)12-14-27(40)47-33(2,3)4)35-30(41)21-15-24-29(45-18-44-24)25(16-21)46-32(43)23-10-8-7-9-20(23)11-13-26(39)36(5)6/h7-11,13,15,19,22,24-25,28-29,37-38H,12,14,16-18H2,1-6H3,(H,34,42)(H,35,41). The van der Waals surface area contributed by atoms with Gasteiger partial charge in [-0.1, -0.05) is 18.2 Å². The van der Waals surface area contributed by atoms with E-state index in [-0.39, 0.29) is 43.1 Å². The number of esters is 2. The van der Waals surface area contributed by atoms with Gasteiger partial charge in [-0.2, -0.15) is 0 Å². The van der Waals surface area contributed by atoms with Crippen molar-refractivity contribution in [3.05, 3.63) is 53.1 Å². The molecule has 1 fully saturated rings. The maximum absolute atomic E-state index is 13.4. The monoisotopic (exact) mass is 659 g/mol. The molecule has 47 heavy (non-hydrogen) atoms. The minimum atomic E-state index is -1.41. The number of nitrogens with zero attached hydrogens (tertiary/aromatic N) is 1. The third-order valence-corrected chi connectivity index (χ3v) is 7.31. The largest absolute Gasteiger partial charge is 0.460 e. The number of nitrogens with one attached hydrogen (secondary N) is 2. The summed E-state index contributed by atoms with van der Waals surface area (Å²) < 4.78 is 22.3. The van der Waals surface area contributed by atoms with Gasteiger partial charge in [-0.25, -0.2) is 4.79 Å². The Morgan fingerprint density at radius 1 is 1.11 bits per heavy atom. The average Bonchev–Trinajstić information content (AvgIpc) is 3.48. The number of rotatable bonds is 13. The van der Waals surface area contributed by atoms with Gasteiger partial charge in [0.25, 0.3) is 0 Å². The van der Waals surface area contributed by atoms with Crippen LogP contribution >= 0.6 is 0 Å². The Morgan fingerprint density at radius 2 is 1.81 bits per heavy atom. The summed E-state index contributed by atoms with van der Waals surface area (Å²) in [5, 5.41) is 25.2. The van der Waals surface area contributed by atoms with E-state index in [2.05, 4.69) is 10.6 Å². The van der Waals surface area contributed by atoms with Gasteiger partial charge >= 0.3 is 11.9 Å². The Morgan fingerprint density at radius 3 is 2.45 bits per heavy atom. The summed E-state index contributed by atoms with van der Waals surface area (Å²) in [4.78, 5) is 65.3. The molecular formula is C33H45N3O11. The summed E-state index contributed by atoms with van der Waals surface area (Å²) in [6.45, 7) is 5.91. The van der Waals surface area contributed by atoms with Gasteiger partial charge in [0.1, 0.15) is 36.7 Å². The van der Waals surface area contributed by atoms with E-state index in [0.717, 1.165) is 0 Å². The third-order valence-electron chi connectivity index (χ3n) is 7.31. The molecular weight excluding hydrogens is 614 g/mol. The van der Waals surface area contributed by atoms with Crippen LogP contribution in [0.3, 0.4) is 0 Å². The van der Waals surface area contributed by atoms with Crippen molar-refractivity contribution in [2.24, 2.45) is 0 Å². The molecule has 1 saturated heterocycles. The maximum Gasteiger partial charge on any atom is 0.339 e. The van der Waals surface area contributed by atoms with Crippen molar-refractivity contribution >= 4 is 35.7 Å². The number of carbonyl (C=O) groups excluding carboxylic acids is 5. The molecule has 0 aromatic heterocycles. The number of aliphatic hydroxyl groups excluding tert-OH is 2. The van der Waals surface area contributed by atoms with Crippen molar-refractivity contribution in [2.75, 3.05) is 27.5 Å². The maximum atomic E-state index is 13.4. The highest BCUT2D eigenvalue weighted by Crippen LogP contribution is 2.31. The highest BCUT2D eigenvalue weighted by molar-refractivity contribution is 5.98. The zero-order valence-corrected chi connectivity index (χ0v) is 27.6. The van der Waals surface area contributed by atoms with Crippen LogP contribution < -0.4 is 10.6 Å². The zero-order valence-electron chi connectivity index (χ0n) is 27.6. The topological polar surface area (TPSA) is 190 Å². The van der Waals surface area contributed by atoms with Crippen molar-refractivity contribution in [1.82, 2.24) is 15.5 Å². The molecule has 1 aliphatic carbocycles. The first-order chi connectivity index (χ1) is 22.1. The summed E-state index contributed by atoms with van der Waals surface area (Å²) in [5.41, 5.74) is 0.103. The van der Waals surface area contributed by atoms with E-state index >= 15 is 0 Å². The van der Waals surface area contributed by atoms with Gasteiger partial charge in [-0.3, -0.25) is 19.2 Å². The molecule has 3 rings (SSSR count). The fourth-order valence-electron chi connectivity index (χ4n) is 4.89. The molecule has 6 unspecified atom stereocenters. The third kappa shape index (κ3) is 11.0. The lowest BCUT2D eigenvalue weighted by atomic mass is 9.91. The molecule has 14 heteroatoms. The first-order valence-electron chi connectivity index (χ1n) is 15.3. The number of hydrogen-bond donors (Lipinski definition) is 4. The summed E-state index contributed by atoms with van der Waals surface area (Å²) in [7, 11) is 3.21. The highest BCUT2D eigenvalue weighted by atomic mass is 16.7. The fourth-order valence-corrected chi connectivity index (χ4v) is 4.89. The summed E-state index contributed by atoms with van der Waals surface area (Å²) >= 11 is 0. The van der Waals surface area contributed by atoms with Gasteiger partial charge in [-0.15, -0.1) is 0 Å². The Bertz CT molecular complexity index is 1370. The second-order valence-electron chi connectivity index (χ2n) is 12.6. The van der Waals surface area contributed by atoms with Crippen LogP contribution in [-0.4, -0.2) is 114 Å². The minimum absolute atomic E-state index is 0.0684. The first-order valence-corrected chi connectivity index (χ1v) is 15.3. The molecule has 1 aromatic carbocycles. The summed E-state index contributed by atoms with van der Waals surface area (Å²) in [6.07, 6.45) is 0.605. The molecule has 1 aromatic rings. The van der Waals surface area contributed by atoms with Crippen LogP contribution in [0.1, 0.15) is 62.9 Å². The summed E-state index contributed by atoms with van der Waals surface area (Å²) in [5.74, 6) is -2.95. The van der Waals surface area contributed by atoms with Crippen molar-refractivity contribution in [3.63, 3.8) is 0 Å². The smallest absolute Gasteiger partial charge is 0.339 e. The van der Waals surface area contributed by atoms with Gasteiger partial charge in [0, 0.05) is 38.6 Å². The van der Waals surface area contributed by atoms with E-state index in [0.29, 0.717) is 5.56 Å². The van der Waals surface area contributed by atoms with Crippen LogP contribution in [0.15, 0.2) is 42.0 Å². The van der Waals surface area contributed by atoms with Gasteiger partial charge < -0.3 is 44.7 Å². The lowest BCUT2D eigenvalue weighted by Crippen LogP contribution is -2.55. The lowest BCUT2D eigenvalue weighted by Gasteiger charge is -2.31. The van der Waals surface area contributed by atoms with E-state index in [4.69, 9.17) is 18.9 Å². The zero-order chi connectivity index (χ0) is 34.9. The number of aliphatic hydroxyl groups is 2. The Hall–Kier alpha value is -4.11. The number of fused-ring (bicyclic) bond motifs is 1. The second-order valence-corrected chi connectivity index (χ2v) is 12.6. The van der Waals surface area contributed by atoms with Crippen LogP contribution in [0, 0.1) is 0 Å². The fraction of sp³-hybridized carbons (Fsp3) is 0.545. The number of likely N-dealkylation sites (N-methyl/N-ethyl adjacent to an activating group) is 1. The molecule has 0 radical (unpaired) electrons. The van der Waals surface area contributed by atoms with Gasteiger partial charge in [0.05, 0.1) is 24.3 Å². The van der Waals surface area contributed by atoms with Gasteiger partial charge in [0.2, 0.25) is 17.7 Å². The SMILES string of the molecule is CC(O)C(NC(=O)C1=CC2OCOC2C(OC(=O)c2ccccc2C=CC(=O)N(C)C)C1)C(=O)NC(CO)CCC(=O)OC(C)(C)C. The van der Waals surface area contributed by atoms with Crippen molar-refractivity contribution in [1.29, 1.82) is 0 Å². The quantitative estimate of drug-likeness (QED) is 0.174. The predicted octanol–water partition coefficient (Wildman–Crippen LogP) is 0.850. The highest BCUT2D eigenvalue weighted by Gasteiger charge is 2.43. The van der Waals surface area contributed by atoms with E-state index in [9.17, 15) is 34.2 Å². The van der Waals surface area contributed by atoms with E-state index in [1.807, 2.05) is 0 Å². The van der Waals surface area contributed by atoms with E-state index < -0.39 is 72.5 Å². The minimum Gasteiger partial charge on any atom is -0.460 e. The van der Waals surface area contributed by atoms with Crippen LogP contribution in [-0.2, 0) is 38.1 Å². The Balaban J connectivity index is 1.69. The number of benzene rings is 1. The molecule has 14 nitrogen and oxygen atoms in total. The Labute approximate surface area is 274 Å². The molecule has 4 N–H and O–H groups in total. The van der Waals surface area contributed by atoms with E-state index in [1.54, 1.807) is 59.1 Å². The molecule has 1 aliphatic heterocycles. The first kappa shape index (κ1) is 37.3. The predicted molar refractivity (Wildman–Crippen MR) is 168 cm³/mol. The normalized spacial score (nSPS) is 21.1. The van der Waals surface area contributed by atoms with Crippen LogP contribution in [0.25, 0.3) is 6.08 Å². The molecule has 1 heterocycles. The number of amides is 3. The molecule has 0 bridgehead atoms. The van der Waals surface area contributed by atoms with Crippen molar-refractivity contribution in [3.8, 4) is 0 Å². The van der Waals surface area contributed by atoms with Crippen molar-refractivity contribution < 1.29 is 53.1 Å². The molecule has 0 saturated carbocycles. The number of hydrogen-bond acceptors (Lipinski definition) is 11. The van der Waals surface area contributed by atoms with Crippen molar-refractivity contribution in [2.45, 2.75) is 89.1 Å². The van der Waals surface area contributed by atoms with E-state index in [1.165, 1.54) is 30.1 Å². The van der Waals surface area contributed by atoms with Crippen LogP contribution in [0.4, 0.5) is 0 Å². The second kappa shape index (κ2) is 16.6. The van der Waals surface area contributed by atoms with Crippen LogP contribution in [0.5, 0.6) is 0 Å². The number of ether oxygens (including phenoxy) is 4. The average molecular weight is 660 g/mol. The molecule has 3 amide bonds. The molecule has 258 valence electrons. The molecule has 2 aliphatic rings. The molecule has 6 atom stereocenters. The Kier molecular flexibility index (Phi) is 13.2.